The van der Waals surface area contributed by atoms with Crippen LogP contribution in [0.1, 0.15) is 50.6 Å². The van der Waals surface area contributed by atoms with Crippen molar-refractivity contribution in [2.24, 2.45) is 17.8 Å². The van der Waals surface area contributed by atoms with E-state index >= 15 is 0 Å². The molecule has 1 amide bonds. The average molecular weight is 402 g/mol. The molecular formula is C22H35N5O2. The number of hydrogen-bond donors (Lipinski definition) is 0. The molecule has 4 saturated heterocycles. The summed E-state index contributed by atoms with van der Waals surface area (Å²) in [5.74, 6) is 1.86. The van der Waals surface area contributed by atoms with Crippen molar-refractivity contribution in [3.8, 4) is 0 Å². The number of morpholine rings is 1. The summed E-state index contributed by atoms with van der Waals surface area (Å²) in [5.41, 5.74) is 1.16. The zero-order chi connectivity index (χ0) is 19.6. The zero-order valence-corrected chi connectivity index (χ0v) is 17.5. The molecule has 4 atom stereocenters. The maximum absolute atomic E-state index is 13.0. The number of aromatic nitrogens is 3. The van der Waals surface area contributed by atoms with Crippen molar-refractivity contribution < 1.29 is 9.53 Å². The molecule has 0 spiro atoms. The van der Waals surface area contributed by atoms with Gasteiger partial charge in [-0.25, -0.2) is 0 Å². The molecule has 29 heavy (non-hydrogen) atoms. The molecule has 0 N–H and O–H groups in total. The molecule has 1 aromatic heterocycles. The molecule has 0 radical (unpaired) electrons. The molecule has 160 valence electrons. The smallest absolute Gasteiger partial charge is 0.227 e. The summed E-state index contributed by atoms with van der Waals surface area (Å²) < 4.78 is 7.47. The van der Waals surface area contributed by atoms with Gasteiger partial charge in [0.25, 0.3) is 0 Å². The third-order valence-corrected chi connectivity index (χ3v) is 7.72. The molecule has 1 aromatic rings. The number of amides is 1. The van der Waals surface area contributed by atoms with Crippen molar-refractivity contribution in [1.82, 2.24) is 24.8 Å². The van der Waals surface area contributed by atoms with Crippen molar-refractivity contribution in [1.29, 1.82) is 0 Å². The summed E-state index contributed by atoms with van der Waals surface area (Å²) in [6, 6.07) is 0.492. The van der Waals surface area contributed by atoms with Gasteiger partial charge in [0.2, 0.25) is 5.91 Å². The van der Waals surface area contributed by atoms with Gasteiger partial charge in [0.1, 0.15) is 0 Å². The van der Waals surface area contributed by atoms with E-state index in [0.717, 1.165) is 63.6 Å². The number of fused-ring (bicyclic) bond motifs is 3. The monoisotopic (exact) mass is 401 g/mol. The number of piperidine rings is 3. The van der Waals surface area contributed by atoms with Crippen LogP contribution in [0.3, 0.4) is 0 Å². The first-order chi connectivity index (χ1) is 14.3. The van der Waals surface area contributed by atoms with Crippen LogP contribution in [-0.4, -0.2) is 76.1 Å². The third kappa shape index (κ3) is 4.36. The van der Waals surface area contributed by atoms with E-state index in [4.69, 9.17) is 4.74 Å². The van der Waals surface area contributed by atoms with Crippen LogP contribution in [0.25, 0.3) is 0 Å². The van der Waals surface area contributed by atoms with Crippen LogP contribution in [0.4, 0.5) is 0 Å². The Morgan fingerprint density at radius 1 is 1.10 bits per heavy atom. The highest BCUT2D eigenvalue weighted by molar-refractivity contribution is 5.79. The Balaban J connectivity index is 1.16. The molecule has 1 saturated carbocycles. The quantitative estimate of drug-likeness (QED) is 0.755. The maximum Gasteiger partial charge on any atom is 0.227 e. The fourth-order valence-electron chi connectivity index (χ4n) is 6.05. The van der Waals surface area contributed by atoms with Crippen molar-refractivity contribution in [3.63, 3.8) is 0 Å². The standard InChI is InChI=1S/C22H35N5O2/c28-22(25-8-10-29-11-9-25)21-16-26-7-6-18(21)13-20(26)15-27-14-19(23-24-27)12-17-4-2-1-3-5-17/h14,17-18,20-21H,1-13,15-16H2/t18?,20-,21+/m1/s1. The van der Waals surface area contributed by atoms with Gasteiger partial charge in [-0.2, -0.15) is 0 Å². The predicted octanol–water partition coefficient (Wildman–Crippen LogP) is 1.97. The Morgan fingerprint density at radius 3 is 2.69 bits per heavy atom. The van der Waals surface area contributed by atoms with Crippen molar-refractivity contribution in [2.75, 3.05) is 39.4 Å². The molecule has 7 heteroatoms. The summed E-state index contributed by atoms with van der Waals surface area (Å²) in [6.45, 7) is 5.83. The van der Waals surface area contributed by atoms with Crippen LogP contribution in [0, 0.1) is 17.8 Å². The zero-order valence-electron chi connectivity index (χ0n) is 17.5. The maximum atomic E-state index is 13.0. The molecule has 4 aliphatic heterocycles. The van der Waals surface area contributed by atoms with Gasteiger partial charge in [0, 0.05) is 31.9 Å². The summed E-state index contributed by atoms with van der Waals surface area (Å²) in [7, 11) is 0. The van der Waals surface area contributed by atoms with Gasteiger partial charge >= 0.3 is 0 Å². The van der Waals surface area contributed by atoms with Crippen LogP contribution in [-0.2, 0) is 22.5 Å². The number of hydrogen-bond acceptors (Lipinski definition) is 5. The first-order valence-electron chi connectivity index (χ1n) is 11.8. The fraction of sp³-hybridized carbons (Fsp3) is 0.864. The third-order valence-electron chi connectivity index (χ3n) is 7.72. The van der Waals surface area contributed by atoms with Crippen molar-refractivity contribution in [3.05, 3.63) is 11.9 Å². The van der Waals surface area contributed by atoms with Gasteiger partial charge in [-0.3, -0.25) is 14.4 Å². The van der Waals surface area contributed by atoms with Crippen LogP contribution >= 0.6 is 0 Å². The molecule has 5 fully saturated rings. The molecule has 2 unspecified atom stereocenters. The second kappa shape index (κ2) is 8.72. The predicted molar refractivity (Wildman–Crippen MR) is 109 cm³/mol. The topological polar surface area (TPSA) is 63.5 Å². The molecule has 0 aromatic carbocycles. The summed E-state index contributed by atoms with van der Waals surface area (Å²) in [4.78, 5) is 17.6. The number of carbonyl (C=O) groups excluding carboxylic acids is 1. The number of rotatable bonds is 5. The first-order valence-corrected chi connectivity index (χ1v) is 11.8. The Kier molecular flexibility index (Phi) is 5.86. The normalized spacial score (nSPS) is 33.2. The molecule has 1 aliphatic carbocycles. The van der Waals surface area contributed by atoms with E-state index in [2.05, 4.69) is 26.1 Å². The summed E-state index contributed by atoms with van der Waals surface area (Å²) >= 11 is 0. The van der Waals surface area contributed by atoms with Gasteiger partial charge in [0.15, 0.2) is 0 Å². The van der Waals surface area contributed by atoms with E-state index in [1.807, 2.05) is 4.90 Å². The van der Waals surface area contributed by atoms with Crippen molar-refractivity contribution in [2.45, 2.75) is 64.0 Å². The van der Waals surface area contributed by atoms with Crippen LogP contribution in [0.5, 0.6) is 0 Å². The van der Waals surface area contributed by atoms with E-state index < -0.39 is 0 Å². The molecule has 2 bridgehead atoms. The molecular weight excluding hydrogens is 366 g/mol. The Morgan fingerprint density at radius 2 is 1.93 bits per heavy atom. The highest BCUT2D eigenvalue weighted by atomic mass is 16.5. The summed E-state index contributed by atoms with van der Waals surface area (Å²) in [5, 5.41) is 8.90. The SMILES string of the molecule is O=C([C@H]1CN2CCC1C[C@@H]2Cn1cc(CC2CCCCC2)nn1)N1CCOCC1. The second-order valence-electron chi connectivity index (χ2n) is 9.62. The molecule has 6 rings (SSSR count). The van der Waals surface area contributed by atoms with Gasteiger partial charge in [0.05, 0.1) is 31.4 Å². The minimum Gasteiger partial charge on any atom is -0.378 e. The summed E-state index contributed by atoms with van der Waals surface area (Å²) in [6.07, 6.45) is 12.4. The van der Waals surface area contributed by atoms with Crippen LogP contribution < -0.4 is 0 Å². The lowest BCUT2D eigenvalue weighted by molar-refractivity contribution is -0.148. The second-order valence-corrected chi connectivity index (χ2v) is 9.62. The van der Waals surface area contributed by atoms with Crippen LogP contribution in [0.2, 0.25) is 0 Å². The average Bonchev–Trinajstić information content (AvgIpc) is 3.21. The van der Waals surface area contributed by atoms with E-state index in [9.17, 15) is 4.79 Å². The van der Waals surface area contributed by atoms with Crippen LogP contribution in [0.15, 0.2) is 6.20 Å². The number of nitrogens with zero attached hydrogens (tertiary/aromatic N) is 5. The lowest BCUT2D eigenvalue weighted by Crippen LogP contribution is -2.59. The first kappa shape index (κ1) is 19.5. The lowest BCUT2D eigenvalue weighted by atomic mass is 9.75. The lowest BCUT2D eigenvalue weighted by Gasteiger charge is -2.50. The highest BCUT2D eigenvalue weighted by Gasteiger charge is 2.44. The Labute approximate surface area is 173 Å². The minimum absolute atomic E-state index is 0.177. The minimum atomic E-state index is 0.177. The Bertz CT molecular complexity index is 695. The van der Waals surface area contributed by atoms with E-state index in [-0.39, 0.29) is 5.92 Å². The number of ether oxygens (including phenoxy) is 1. The molecule has 7 nitrogen and oxygen atoms in total. The molecule has 5 heterocycles. The fourth-order valence-corrected chi connectivity index (χ4v) is 6.05. The van der Waals surface area contributed by atoms with Gasteiger partial charge in [-0.05, 0) is 37.6 Å². The van der Waals surface area contributed by atoms with Gasteiger partial charge in [-0.15, -0.1) is 5.10 Å². The largest absolute Gasteiger partial charge is 0.378 e. The van der Waals surface area contributed by atoms with Gasteiger partial charge in [-0.1, -0.05) is 37.3 Å². The van der Waals surface area contributed by atoms with Crippen molar-refractivity contribution >= 4 is 5.91 Å². The highest BCUT2D eigenvalue weighted by Crippen LogP contribution is 2.38. The van der Waals surface area contributed by atoms with E-state index in [1.165, 1.54) is 32.1 Å². The number of carbonyl (C=O) groups is 1. The Hall–Kier alpha value is -1.47. The molecule has 5 aliphatic rings. The van der Waals surface area contributed by atoms with E-state index in [1.54, 1.807) is 0 Å². The van der Waals surface area contributed by atoms with Gasteiger partial charge < -0.3 is 9.64 Å². The van der Waals surface area contributed by atoms with E-state index in [0.29, 0.717) is 31.1 Å².